The third-order valence-electron chi connectivity index (χ3n) is 2.91. The van der Waals surface area contributed by atoms with Crippen LogP contribution >= 0.6 is 0 Å². The van der Waals surface area contributed by atoms with Crippen LogP contribution in [0, 0.1) is 5.82 Å². The Balaban J connectivity index is 2.25. The van der Waals surface area contributed by atoms with Gasteiger partial charge in [-0.15, -0.1) is 0 Å². The first-order valence-electron chi connectivity index (χ1n) is 7.11. The molecule has 0 aliphatic carbocycles. The number of hydrogen-bond acceptors (Lipinski definition) is 3. The molecule has 0 radical (unpaired) electrons. The lowest BCUT2D eigenvalue weighted by atomic mass is 10.1. The van der Waals surface area contributed by atoms with Crippen molar-refractivity contribution in [1.82, 2.24) is 16.0 Å². The van der Waals surface area contributed by atoms with Crippen molar-refractivity contribution in [3.63, 3.8) is 0 Å². The van der Waals surface area contributed by atoms with Crippen molar-refractivity contribution < 1.29 is 13.9 Å². The highest BCUT2D eigenvalue weighted by atomic mass is 19.1. The average Bonchev–Trinajstić information content (AvgIpc) is 2.52. The molecule has 7 heteroatoms. The summed E-state index contributed by atoms with van der Waals surface area (Å²) in [7, 11) is 3.19. The highest BCUT2D eigenvalue weighted by Crippen LogP contribution is 2.05. The Morgan fingerprint density at radius 1 is 1.23 bits per heavy atom. The zero-order valence-corrected chi connectivity index (χ0v) is 13.0. The Morgan fingerprint density at radius 3 is 2.68 bits per heavy atom. The van der Waals surface area contributed by atoms with Gasteiger partial charge in [0.25, 0.3) is 0 Å². The molecule has 0 bridgehead atoms. The minimum atomic E-state index is -0.218. The molecule has 0 fully saturated rings. The van der Waals surface area contributed by atoms with E-state index in [2.05, 4.69) is 20.9 Å². The van der Waals surface area contributed by atoms with Gasteiger partial charge in [-0.2, -0.15) is 0 Å². The van der Waals surface area contributed by atoms with Crippen LogP contribution in [0.1, 0.15) is 5.56 Å². The van der Waals surface area contributed by atoms with Crippen molar-refractivity contribution in [3.8, 4) is 0 Å². The minimum absolute atomic E-state index is 0.114. The lowest BCUT2D eigenvalue weighted by molar-refractivity contribution is -0.120. The molecule has 1 amide bonds. The quantitative estimate of drug-likeness (QED) is 0.367. The molecule has 0 aromatic heterocycles. The van der Waals surface area contributed by atoms with Crippen LogP contribution in [-0.4, -0.2) is 52.3 Å². The third-order valence-corrected chi connectivity index (χ3v) is 2.91. The topological polar surface area (TPSA) is 74.8 Å². The van der Waals surface area contributed by atoms with E-state index in [1.54, 1.807) is 32.4 Å². The third kappa shape index (κ3) is 7.03. The van der Waals surface area contributed by atoms with E-state index in [0.717, 1.165) is 0 Å². The van der Waals surface area contributed by atoms with Gasteiger partial charge < -0.3 is 20.7 Å². The maximum Gasteiger partial charge on any atom is 0.239 e. The standard InChI is InChI=1S/C15H23FN4O2/c1-17-15(20-11-14(21)18-9-10-22-2)19-8-7-12-5-3-4-6-13(12)16/h3-6H,7-11H2,1-2H3,(H,18,21)(H2,17,19,20). The number of nitrogens with one attached hydrogen (secondary N) is 3. The van der Waals surface area contributed by atoms with E-state index in [0.29, 0.717) is 37.6 Å². The van der Waals surface area contributed by atoms with Crippen molar-refractivity contribution in [2.45, 2.75) is 6.42 Å². The second-order valence-electron chi connectivity index (χ2n) is 4.54. The molecule has 0 spiro atoms. The molecule has 0 unspecified atom stereocenters. The molecule has 1 aromatic rings. The van der Waals surface area contributed by atoms with E-state index in [1.807, 2.05) is 0 Å². The van der Waals surface area contributed by atoms with Crippen molar-refractivity contribution in [2.75, 3.05) is 40.4 Å². The Labute approximate surface area is 130 Å². The van der Waals surface area contributed by atoms with Crippen LogP contribution in [0.2, 0.25) is 0 Å². The van der Waals surface area contributed by atoms with Crippen molar-refractivity contribution in [2.24, 2.45) is 4.99 Å². The molecule has 0 aliphatic rings. The first-order valence-corrected chi connectivity index (χ1v) is 7.11. The van der Waals surface area contributed by atoms with E-state index < -0.39 is 0 Å². The Hall–Kier alpha value is -2.15. The number of amides is 1. The summed E-state index contributed by atoms with van der Waals surface area (Å²) in [6, 6.07) is 6.65. The zero-order valence-electron chi connectivity index (χ0n) is 13.0. The lowest BCUT2D eigenvalue weighted by Crippen LogP contribution is -2.44. The number of carbonyl (C=O) groups excluding carboxylic acids is 1. The maximum atomic E-state index is 13.5. The number of methoxy groups -OCH3 is 1. The van der Waals surface area contributed by atoms with Crippen molar-refractivity contribution in [1.29, 1.82) is 0 Å². The number of benzene rings is 1. The summed E-state index contributed by atoms with van der Waals surface area (Å²) < 4.78 is 18.3. The molecule has 3 N–H and O–H groups in total. The molecule has 0 aliphatic heterocycles. The number of guanidine groups is 1. The molecule has 0 saturated heterocycles. The van der Waals surface area contributed by atoms with E-state index in [4.69, 9.17) is 4.74 Å². The molecule has 122 valence electrons. The molecular weight excluding hydrogens is 287 g/mol. The number of hydrogen-bond donors (Lipinski definition) is 3. The SMILES string of the molecule is CN=C(NCCc1ccccc1F)NCC(=O)NCCOC. The van der Waals surface area contributed by atoms with Crippen LogP contribution in [0.3, 0.4) is 0 Å². The Kier molecular flexibility index (Phi) is 8.59. The highest BCUT2D eigenvalue weighted by Gasteiger charge is 2.04. The van der Waals surface area contributed by atoms with Gasteiger partial charge in [0.1, 0.15) is 5.82 Å². The minimum Gasteiger partial charge on any atom is -0.383 e. The Morgan fingerprint density at radius 2 is 2.00 bits per heavy atom. The normalized spacial score (nSPS) is 11.1. The molecule has 0 atom stereocenters. The number of halogens is 1. The first kappa shape index (κ1) is 17.9. The average molecular weight is 310 g/mol. The van der Waals surface area contributed by atoms with Gasteiger partial charge in [-0.05, 0) is 18.1 Å². The summed E-state index contributed by atoms with van der Waals surface area (Å²) in [6.07, 6.45) is 0.535. The summed E-state index contributed by atoms with van der Waals surface area (Å²) in [5.74, 6) is 0.136. The number of nitrogens with zero attached hydrogens (tertiary/aromatic N) is 1. The summed E-state index contributed by atoms with van der Waals surface area (Å²) in [5, 5.41) is 8.62. The monoisotopic (exact) mass is 310 g/mol. The summed E-state index contributed by atoms with van der Waals surface area (Å²) >= 11 is 0. The fraction of sp³-hybridized carbons (Fsp3) is 0.467. The van der Waals surface area contributed by atoms with Gasteiger partial charge in [0.05, 0.1) is 13.2 Å². The summed E-state index contributed by atoms with van der Waals surface area (Å²) in [6.45, 7) is 1.58. The van der Waals surface area contributed by atoms with Gasteiger partial charge in [-0.3, -0.25) is 9.79 Å². The number of aliphatic imine (C=N–C) groups is 1. The largest absolute Gasteiger partial charge is 0.383 e. The Bertz CT molecular complexity index is 494. The fourth-order valence-electron chi connectivity index (χ4n) is 1.76. The van der Waals surface area contributed by atoms with Gasteiger partial charge in [0.2, 0.25) is 5.91 Å². The molecule has 6 nitrogen and oxygen atoms in total. The number of rotatable bonds is 8. The lowest BCUT2D eigenvalue weighted by Gasteiger charge is -2.12. The predicted molar refractivity (Wildman–Crippen MR) is 84.4 cm³/mol. The highest BCUT2D eigenvalue weighted by molar-refractivity contribution is 5.86. The molecule has 0 saturated carbocycles. The van der Waals surface area contributed by atoms with Crippen LogP contribution in [0.4, 0.5) is 4.39 Å². The van der Waals surface area contributed by atoms with Crippen molar-refractivity contribution >= 4 is 11.9 Å². The van der Waals surface area contributed by atoms with E-state index in [1.165, 1.54) is 6.07 Å². The van der Waals surface area contributed by atoms with Crippen LogP contribution < -0.4 is 16.0 Å². The van der Waals surface area contributed by atoms with Gasteiger partial charge in [0.15, 0.2) is 5.96 Å². The second kappa shape index (κ2) is 10.6. The van der Waals surface area contributed by atoms with Gasteiger partial charge >= 0.3 is 0 Å². The molecule has 1 aromatic carbocycles. The fourth-order valence-corrected chi connectivity index (χ4v) is 1.76. The first-order chi connectivity index (χ1) is 10.7. The van der Waals surface area contributed by atoms with Crippen LogP contribution in [-0.2, 0) is 16.0 Å². The molecular formula is C15H23FN4O2. The van der Waals surface area contributed by atoms with Gasteiger partial charge in [-0.25, -0.2) is 4.39 Å². The van der Waals surface area contributed by atoms with E-state index >= 15 is 0 Å². The smallest absolute Gasteiger partial charge is 0.239 e. The number of ether oxygens (including phenoxy) is 1. The zero-order chi connectivity index (χ0) is 16.2. The summed E-state index contributed by atoms with van der Waals surface area (Å²) in [4.78, 5) is 15.5. The van der Waals surface area contributed by atoms with Gasteiger partial charge in [0, 0.05) is 27.2 Å². The predicted octanol–water partition coefficient (Wildman–Crippen LogP) is 0.296. The molecule has 1 rings (SSSR count). The van der Waals surface area contributed by atoms with E-state index in [9.17, 15) is 9.18 Å². The van der Waals surface area contributed by atoms with Crippen LogP contribution in [0.15, 0.2) is 29.3 Å². The van der Waals surface area contributed by atoms with Crippen LogP contribution in [0.25, 0.3) is 0 Å². The molecule has 0 heterocycles. The number of carbonyl (C=O) groups is 1. The maximum absolute atomic E-state index is 13.5. The van der Waals surface area contributed by atoms with Crippen LogP contribution in [0.5, 0.6) is 0 Å². The molecule has 22 heavy (non-hydrogen) atoms. The van der Waals surface area contributed by atoms with E-state index in [-0.39, 0.29) is 18.3 Å². The van der Waals surface area contributed by atoms with Gasteiger partial charge in [-0.1, -0.05) is 18.2 Å². The second-order valence-corrected chi connectivity index (χ2v) is 4.54. The van der Waals surface area contributed by atoms with Crippen molar-refractivity contribution in [3.05, 3.63) is 35.6 Å². The summed E-state index contributed by atoms with van der Waals surface area (Å²) in [5.41, 5.74) is 0.641.